The number of rotatable bonds is 10. The van der Waals surface area contributed by atoms with Crippen molar-refractivity contribution in [3.63, 3.8) is 0 Å². The maximum atomic E-state index is 11.1. The van der Waals surface area contributed by atoms with E-state index in [-0.39, 0.29) is 11.9 Å². The number of hydrogen-bond donors (Lipinski definition) is 1. The molecule has 4 nitrogen and oxygen atoms in total. The van der Waals surface area contributed by atoms with Crippen molar-refractivity contribution in [1.82, 2.24) is 5.32 Å². The van der Waals surface area contributed by atoms with E-state index < -0.39 is 8.56 Å². The molecule has 0 bridgehead atoms. The molecule has 0 heterocycles. The summed E-state index contributed by atoms with van der Waals surface area (Å²) in [5.74, 6) is -0.114. The molecule has 1 atom stereocenters. The quantitative estimate of drug-likeness (QED) is 0.491. The van der Waals surface area contributed by atoms with Gasteiger partial charge in [-0.2, -0.15) is 0 Å². The number of carbonyl (C=O) groups is 1. The van der Waals surface area contributed by atoms with Gasteiger partial charge in [-0.3, -0.25) is 4.79 Å². The van der Waals surface area contributed by atoms with Crippen molar-refractivity contribution in [2.75, 3.05) is 13.2 Å². The summed E-state index contributed by atoms with van der Waals surface area (Å²) in [6.45, 7) is 12.9. The fraction of sp³-hybridized carbons (Fsp3) is 0.769. The predicted molar refractivity (Wildman–Crippen MR) is 76.7 cm³/mol. The molecule has 0 saturated heterocycles. The maximum absolute atomic E-state index is 11.1. The van der Waals surface area contributed by atoms with Crippen LogP contribution in [-0.2, 0) is 13.6 Å². The largest absolute Gasteiger partial charge is 0.395 e. The lowest BCUT2D eigenvalue weighted by molar-refractivity contribution is -0.117. The highest BCUT2D eigenvalue weighted by Gasteiger charge is 2.30. The Hall–Kier alpha value is -0.653. The fourth-order valence-electron chi connectivity index (χ4n) is 1.90. The van der Waals surface area contributed by atoms with Crippen molar-refractivity contribution in [3.05, 3.63) is 12.7 Å². The molecule has 0 fully saturated rings. The molecule has 0 aliphatic carbocycles. The Morgan fingerprint density at radius 3 is 2.39 bits per heavy atom. The van der Waals surface area contributed by atoms with Crippen LogP contribution in [0.25, 0.3) is 0 Å². The molecule has 5 heteroatoms. The van der Waals surface area contributed by atoms with Gasteiger partial charge in [0.1, 0.15) is 0 Å². The van der Waals surface area contributed by atoms with Crippen molar-refractivity contribution in [1.29, 1.82) is 0 Å². The summed E-state index contributed by atoms with van der Waals surface area (Å²) < 4.78 is 11.5. The smallest absolute Gasteiger partial charge is 0.334 e. The van der Waals surface area contributed by atoms with Crippen LogP contribution in [0.5, 0.6) is 0 Å². The average Bonchev–Trinajstić information content (AvgIpc) is 2.29. The molecule has 0 rings (SSSR count). The molecule has 0 aromatic rings. The van der Waals surface area contributed by atoms with E-state index in [0.717, 1.165) is 18.9 Å². The zero-order chi connectivity index (χ0) is 14.0. The van der Waals surface area contributed by atoms with E-state index >= 15 is 0 Å². The summed E-state index contributed by atoms with van der Waals surface area (Å²) in [6, 6.07) is 1.13. The average molecular weight is 273 g/mol. The standard InChI is InChI=1S/C13H27NO3Si/c1-6-13(15)14-12(4)10-9-11-18(5,16-7-2)17-8-3/h6,12H,1,7-11H2,2-5H3,(H,14,15). The summed E-state index contributed by atoms with van der Waals surface area (Å²) >= 11 is 0. The molecular formula is C13H27NO3Si. The van der Waals surface area contributed by atoms with Gasteiger partial charge in [-0.1, -0.05) is 6.58 Å². The van der Waals surface area contributed by atoms with Crippen LogP contribution in [0.2, 0.25) is 12.6 Å². The van der Waals surface area contributed by atoms with Gasteiger partial charge in [-0.15, -0.1) is 0 Å². The van der Waals surface area contributed by atoms with Gasteiger partial charge in [0.15, 0.2) is 0 Å². The Morgan fingerprint density at radius 1 is 1.39 bits per heavy atom. The molecule has 106 valence electrons. The highest BCUT2D eigenvalue weighted by atomic mass is 28.4. The van der Waals surface area contributed by atoms with Crippen molar-refractivity contribution >= 4 is 14.5 Å². The molecule has 1 unspecified atom stereocenters. The lowest BCUT2D eigenvalue weighted by atomic mass is 10.2. The number of carbonyl (C=O) groups excluding carboxylic acids is 1. The third-order valence-corrected chi connectivity index (χ3v) is 5.80. The van der Waals surface area contributed by atoms with Gasteiger partial charge in [-0.25, -0.2) is 0 Å². The number of hydrogen-bond acceptors (Lipinski definition) is 3. The molecule has 0 aromatic heterocycles. The summed E-state index contributed by atoms with van der Waals surface area (Å²) in [7, 11) is -2.00. The van der Waals surface area contributed by atoms with E-state index in [1.807, 2.05) is 20.8 Å². The van der Waals surface area contributed by atoms with Gasteiger partial charge < -0.3 is 14.2 Å². The first-order valence-corrected chi connectivity index (χ1v) is 9.20. The Kier molecular flexibility index (Phi) is 8.96. The fourth-order valence-corrected chi connectivity index (χ4v) is 4.34. The normalized spacial score (nSPS) is 13.1. The lowest BCUT2D eigenvalue weighted by Gasteiger charge is -2.26. The first-order valence-electron chi connectivity index (χ1n) is 6.68. The number of nitrogens with one attached hydrogen (secondary N) is 1. The highest BCUT2D eigenvalue weighted by molar-refractivity contribution is 6.66. The van der Waals surface area contributed by atoms with E-state index in [2.05, 4.69) is 18.4 Å². The van der Waals surface area contributed by atoms with Gasteiger partial charge in [0.25, 0.3) is 0 Å². The van der Waals surface area contributed by atoms with Crippen LogP contribution >= 0.6 is 0 Å². The van der Waals surface area contributed by atoms with Crippen LogP contribution in [-0.4, -0.2) is 33.7 Å². The van der Waals surface area contributed by atoms with Crippen molar-refractivity contribution in [2.45, 2.75) is 52.2 Å². The van der Waals surface area contributed by atoms with E-state index in [0.29, 0.717) is 13.2 Å². The van der Waals surface area contributed by atoms with Crippen LogP contribution in [0.15, 0.2) is 12.7 Å². The second-order valence-electron chi connectivity index (χ2n) is 4.51. The van der Waals surface area contributed by atoms with E-state index in [1.165, 1.54) is 6.08 Å². The molecule has 0 saturated carbocycles. The number of amides is 1. The van der Waals surface area contributed by atoms with Crippen molar-refractivity contribution in [2.24, 2.45) is 0 Å². The minimum absolute atomic E-state index is 0.114. The van der Waals surface area contributed by atoms with Gasteiger partial charge in [-0.05, 0) is 52.3 Å². The third-order valence-electron chi connectivity index (χ3n) is 2.74. The maximum Gasteiger partial charge on any atom is 0.334 e. The SMILES string of the molecule is C=CC(=O)NC(C)CCC[Si](C)(OCC)OCC. The van der Waals surface area contributed by atoms with E-state index in [1.54, 1.807) is 0 Å². The molecule has 1 N–H and O–H groups in total. The van der Waals surface area contributed by atoms with Crippen LogP contribution in [0, 0.1) is 0 Å². The van der Waals surface area contributed by atoms with Gasteiger partial charge in [0, 0.05) is 19.3 Å². The van der Waals surface area contributed by atoms with E-state index in [9.17, 15) is 4.79 Å². The zero-order valence-electron chi connectivity index (χ0n) is 12.1. The minimum atomic E-state index is -2.00. The Morgan fingerprint density at radius 2 is 1.94 bits per heavy atom. The van der Waals surface area contributed by atoms with Crippen molar-refractivity contribution in [3.8, 4) is 0 Å². The third kappa shape index (κ3) is 7.63. The van der Waals surface area contributed by atoms with Crippen molar-refractivity contribution < 1.29 is 13.6 Å². The summed E-state index contributed by atoms with van der Waals surface area (Å²) in [4.78, 5) is 11.1. The first-order chi connectivity index (χ1) is 8.47. The van der Waals surface area contributed by atoms with Gasteiger partial charge in [0.05, 0.1) is 0 Å². The Bertz CT molecular complexity index is 253. The van der Waals surface area contributed by atoms with Crippen LogP contribution in [0.3, 0.4) is 0 Å². The van der Waals surface area contributed by atoms with Crippen LogP contribution < -0.4 is 5.32 Å². The predicted octanol–water partition coefficient (Wildman–Crippen LogP) is 2.60. The molecule has 0 radical (unpaired) electrons. The Labute approximate surface area is 112 Å². The molecule has 18 heavy (non-hydrogen) atoms. The lowest BCUT2D eigenvalue weighted by Crippen LogP contribution is -2.39. The summed E-state index contributed by atoms with van der Waals surface area (Å²) in [6.07, 6.45) is 3.24. The molecule has 0 aliphatic heterocycles. The van der Waals surface area contributed by atoms with Crippen LogP contribution in [0.4, 0.5) is 0 Å². The first kappa shape index (κ1) is 17.3. The van der Waals surface area contributed by atoms with Crippen LogP contribution in [0.1, 0.15) is 33.6 Å². The summed E-state index contributed by atoms with van der Waals surface area (Å²) in [5.41, 5.74) is 0. The Balaban J connectivity index is 3.98. The molecule has 0 spiro atoms. The highest BCUT2D eigenvalue weighted by Crippen LogP contribution is 2.17. The summed E-state index contributed by atoms with van der Waals surface area (Å²) in [5, 5.41) is 2.86. The molecular weight excluding hydrogens is 246 g/mol. The second-order valence-corrected chi connectivity index (χ2v) is 7.85. The topological polar surface area (TPSA) is 47.6 Å². The minimum Gasteiger partial charge on any atom is -0.395 e. The zero-order valence-corrected chi connectivity index (χ0v) is 13.1. The molecule has 0 aliphatic rings. The monoisotopic (exact) mass is 273 g/mol. The molecule has 0 aromatic carbocycles. The van der Waals surface area contributed by atoms with Gasteiger partial charge in [0.2, 0.25) is 5.91 Å². The second kappa shape index (κ2) is 9.30. The van der Waals surface area contributed by atoms with E-state index in [4.69, 9.17) is 8.85 Å². The van der Waals surface area contributed by atoms with Gasteiger partial charge >= 0.3 is 8.56 Å². The molecule has 1 amide bonds.